The van der Waals surface area contributed by atoms with Gasteiger partial charge in [-0.1, -0.05) is 50.1 Å². The van der Waals surface area contributed by atoms with Crippen LogP contribution in [0.1, 0.15) is 65.2 Å². The Bertz CT molecular complexity index is 702. The summed E-state index contributed by atoms with van der Waals surface area (Å²) in [6.45, 7) is 3.52. The van der Waals surface area contributed by atoms with E-state index in [-0.39, 0.29) is 11.8 Å². The van der Waals surface area contributed by atoms with Crippen LogP contribution < -0.4 is 0 Å². The highest BCUT2D eigenvalue weighted by Crippen LogP contribution is 2.40. The monoisotopic (exact) mass is 514 g/mol. The second kappa shape index (κ2) is 13.5. The molecule has 1 aliphatic rings. The third-order valence-electron chi connectivity index (χ3n) is 4.54. The summed E-state index contributed by atoms with van der Waals surface area (Å²) < 4.78 is 10.8. The molecule has 6 heteroatoms. The Labute approximate surface area is 187 Å². The third-order valence-corrected chi connectivity index (χ3v) is 5.34. The highest BCUT2D eigenvalue weighted by molar-refractivity contribution is 14.1. The number of halogens is 1. The van der Waals surface area contributed by atoms with Crippen molar-refractivity contribution in [3.8, 4) is 0 Å². The van der Waals surface area contributed by atoms with E-state index in [9.17, 15) is 14.4 Å². The molecule has 0 saturated carbocycles. The van der Waals surface area contributed by atoms with Crippen LogP contribution in [0.25, 0.3) is 0 Å². The van der Waals surface area contributed by atoms with E-state index in [2.05, 4.69) is 17.7 Å². The number of hydrogen-bond acceptors (Lipinski definition) is 5. The number of rotatable bonds is 12. The lowest BCUT2D eigenvalue weighted by molar-refractivity contribution is -0.149. The average molecular weight is 514 g/mol. The number of allylic oxidation sites excluding steroid dienone is 5. The number of ether oxygens (including phenoxy) is 2. The van der Waals surface area contributed by atoms with Gasteiger partial charge >= 0.3 is 11.9 Å². The molecule has 0 fully saturated rings. The predicted molar refractivity (Wildman–Crippen MR) is 123 cm³/mol. The van der Waals surface area contributed by atoms with Gasteiger partial charge in [0.2, 0.25) is 0 Å². The lowest BCUT2D eigenvalue weighted by atomic mass is 9.91. The Morgan fingerprint density at radius 3 is 2.52 bits per heavy atom. The summed E-state index contributed by atoms with van der Waals surface area (Å²) in [6, 6.07) is 0. The summed E-state index contributed by atoms with van der Waals surface area (Å²) in [6.07, 6.45) is 17.8. The van der Waals surface area contributed by atoms with E-state index < -0.39 is 11.6 Å². The van der Waals surface area contributed by atoms with Crippen molar-refractivity contribution in [3.05, 3.63) is 45.6 Å². The molecule has 1 unspecified atom stereocenters. The zero-order valence-corrected chi connectivity index (χ0v) is 19.7. The molecule has 0 aliphatic heterocycles. The van der Waals surface area contributed by atoms with Gasteiger partial charge in [0.15, 0.2) is 11.4 Å². The van der Waals surface area contributed by atoms with E-state index in [0.29, 0.717) is 34.8 Å². The average Bonchev–Trinajstić information content (AvgIpc) is 2.90. The first-order valence-electron chi connectivity index (χ1n) is 10.1. The minimum Gasteiger partial charge on any atom is -0.469 e. The molecule has 29 heavy (non-hydrogen) atoms. The molecule has 0 radical (unpaired) electrons. The van der Waals surface area contributed by atoms with Gasteiger partial charge < -0.3 is 9.47 Å². The van der Waals surface area contributed by atoms with E-state index in [1.54, 1.807) is 18.2 Å². The molecular formula is C23H31IO5. The number of Topliss-reactive ketones (excluding diaryl/α,β-unsaturated/α-hetero) is 1. The van der Waals surface area contributed by atoms with Crippen molar-refractivity contribution in [1.29, 1.82) is 0 Å². The molecular weight excluding hydrogens is 483 g/mol. The minimum absolute atomic E-state index is 0.120. The zero-order valence-electron chi connectivity index (χ0n) is 17.5. The first kappa shape index (κ1) is 25.3. The van der Waals surface area contributed by atoms with Crippen LogP contribution in [-0.2, 0) is 23.9 Å². The summed E-state index contributed by atoms with van der Waals surface area (Å²) >= 11 is 1.99. The van der Waals surface area contributed by atoms with Crippen molar-refractivity contribution in [1.82, 2.24) is 0 Å². The summed E-state index contributed by atoms with van der Waals surface area (Å²) in [5.41, 5.74) is -0.601. The van der Waals surface area contributed by atoms with Crippen molar-refractivity contribution in [2.45, 2.75) is 70.8 Å². The van der Waals surface area contributed by atoms with Gasteiger partial charge in [-0.15, -0.1) is 0 Å². The number of hydrogen-bond donors (Lipinski definition) is 0. The van der Waals surface area contributed by atoms with Crippen LogP contribution in [0.2, 0.25) is 0 Å². The Morgan fingerprint density at radius 2 is 1.86 bits per heavy atom. The van der Waals surface area contributed by atoms with Gasteiger partial charge in [0.25, 0.3) is 0 Å². The second-order valence-corrected chi connectivity index (χ2v) is 8.11. The fraction of sp³-hybridized carbons (Fsp3) is 0.522. The van der Waals surface area contributed by atoms with Crippen LogP contribution in [-0.4, -0.2) is 30.4 Å². The van der Waals surface area contributed by atoms with Crippen LogP contribution in [0.5, 0.6) is 0 Å². The van der Waals surface area contributed by atoms with Crippen LogP contribution in [0.4, 0.5) is 0 Å². The molecule has 0 spiro atoms. The number of esters is 2. The molecule has 0 N–H and O–H groups in total. The SMILES string of the molecule is CCCCCC=CCC1(OC(C)=O)C=C(I)C(=O)C1=CC=CCCCC(=O)OC. The number of carbonyl (C=O) groups excluding carboxylic acids is 3. The van der Waals surface area contributed by atoms with Crippen molar-refractivity contribution in [2.75, 3.05) is 7.11 Å². The molecule has 5 nitrogen and oxygen atoms in total. The van der Waals surface area contributed by atoms with Crippen LogP contribution in [0, 0.1) is 0 Å². The first-order chi connectivity index (χ1) is 13.9. The Kier molecular flexibility index (Phi) is 11.8. The van der Waals surface area contributed by atoms with Crippen LogP contribution in [0.3, 0.4) is 0 Å². The van der Waals surface area contributed by atoms with E-state index in [1.165, 1.54) is 26.9 Å². The number of unbranched alkanes of at least 4 members (excludes halogenated alkanes) is 4. The van der Waals surface area contributed by atoms with Gasteiger partial charge in [0, 0.05) is 25.3 Å². The normalized spacial score (nSPS) is 20.6. The van der Waals surface area contributed by atoms with Crippen molar-refractivity contribution in [2.24, 2.45) is 0 Å². The molecule has 1 rings (SSSR count). The Morgan fingerprint density at radius 1 is 1.14 bits per heavy atom. The second-order valence-electron chi connectivity index (χ2n) is 6.95. The maximum atomic E-state index is 12.7. The molecule has 0 aromatic heterocycles. The molecule has 1 aliphatic carbocycles. The Balaban J connectivity index is 2.90. The molecule has 0 bridgehead atoms. The Hall–Kier alpha value is -1.70. The molecule has 0 heterocycles. The number of carbonyl (C=O) groups is 3. The fourth-order valence-corrected chi connectivity index (χ4v) is 3.85. The van der Waals surface area contributed by atoms with E-state index in [4.69, 9.17) is 4.74 Å². The first-order valence-corrected chi connectivity index (χ1v) is 11.2. The smallest absolute Gasteiger partial charge is 0.305 e. The van der Waals surface area contributed by atoms with E-state index in [1.807, 2.05) is 34.7 Å². The largest absolute Gasteiger partial charge is 0.469 e. The molecule has 0 saturated heterocycles. The van der Waals surface area contributed by atoms with E-state index in [0.717, 1.165) is 12.8 Å². The molecule has 0 aromatic rings. The fourth-order valence-electron chi connectivity index (χ4n) is 3.05. The number of ketones is 1. The minimum atomic E-state index is -1.06. The molecule has 160 valence electrons. The van der Waals surface area contributed by atoms with Gasteiger partial charge in [-0.25, -0.2) is 0 Å². The van der Waals surface area contributed by atoms with Gasteiger partial charge in [0.05, 0.1) is 10.7 Å². The van der Waals surface area contributed by atoms with Crippen molar-refractivity contribution < 1.29 is 23.9 Å². The molecule has 0 amide bonds. The standard InChI is InChI=1S/C23H31IO5/c1-4-5-6-7-10-13-16-23(29-18(2)25)17-20(24)22(27)19(23)14-11-8-9-12-15-21(26)28-3/h8,10-11,13-14,17H,4-7,9,12,15-16H2,1-3H3. The van der Waals surface area contributed by atoms with Gasteiger partial charge in [-0.3, -0.25) is 14.4 Å². The van der Waals surface area contributed by atoms with Gasteiger partial charge in [0.1, 0.15) is 0 Å². The summed E-state index contributed by atoms with van der Waals surface area (Å²) in [4.78, 5) is 35.6. The summed E-state index contributed by atoms with van der Waals surface area (Å²) in [5, 5.41) is 0. The molecule has 1 atom stereocenters. The van der Waals surface area contributed by atoms with Crippen molar-refractivity contribution >= 4 is 40.3 Å². The maximum Gasteiger partial charge on any atom is 0.305 e. The van der Waals surface area contributed by atoms with Crippen LogP contribution in [0.15, 0.2) is 45.6 Å². The van der Waals surface area contributed by atoms with Gasteiger partial charge in [-0.05, 0) is 54.4 Å². The highest BCUT2D eigenvalue weighted by Gasteiger charge is 2.44. The maximum absolute atomic E-state index is 12.7. The van der Waals surface area contributed by atoms with Crippen molar-refractivity contribution in [3.63, 3.8) is 0 Å². The number of methoxy groups -OCH3 is 1. The lowest BCUT2D eigenvalue weighted by Gasteiger charge is -2.27. The summed E-state index contributed by atoms with van der Waals surface area (Å²) in [5.74, 6) is -0.779. The van der Waals surface area contributed by atoms with Gasteiger partial charge in [-0.2, -0.15) is 0 Å². The zero-order chi connectivity index (χ0) is 21.7. The van der Waals surface area contributed by atoms with E-state index >= 15 is 0 Å². The lowest BCUT2D eigenvalue weighted by Crippen LogP contribution is -2.33. The highest BCUT2D eigenvalue weighted by atomic mass is 127. The topological polar surface area (TPSA) is 69.7 Å². The summed E-state index contributed by atoms with van der Waals surface area (Å²) in [7, 11) is 1.37. The third kappa shape index (κ3) is 8.68. The van der Waals surface area contributed by atoms with Crippen LogP contribution >= 0.6 is 22.6 Å². The quantitative estimate of drug-likeness (QED) is 0.112. The predicted octanol–water partition coefficient (Wildman–Crippen LogP) is 5.54. The molecule has 0 aromatic carbocycles.